The number of carbonyl (C=O) groups is 1. The molecule has 0 bridgehead atoms. The average Bonchev–Trinajstić information content (AvgIpc) is 2.10. The first-order valence-electron chi connectivity index (χ1n) is 2.56. The minimum Gasteiger partial charge on any atom is -0.416 e. The summed E-state index contributed by atoms with van der Waals surface area (Å²) in [6.07, 6.45) is -4.20. The first-order valence-corrected chi connectivity index (χ1v) is 2.56. The van der Waals surface area contributed by atoms with E-state index in [1.165, 1.54) is 0 Å². The third-order valence-electron chi connectivity index (χ3n) is 1.11. The number of cyclic esters (lactones) is 1. The van der Waals surface area contributed by atoms with Gasteiger partial charge in [0.05, 0.1) is 0 Å². The van der Waals surface area contributed by atoms with Gasteiger partial charge in [-0.2, -0.15) is 13.2 Å². The quantitative estimate of drug-likeness (QED) is 0.531. The molecule has 0 saturated carbocycles. The first kappa shape index (κ1) is 8.06. The molecule has 1 aliphatic rings. The lowest BCUT2D eigenvalue weighted by molar-refractivity contribution is -0.322. The Morgan fingerprint density at radius 3 is 2.27 bits per heavy atom. The fraction of sp³-hybridized carbons (Fsp3) is 0.400. The Morgan fingerprint density at radius 2 is 2.09 bits per heavy atom. The van der Waals surface area contributed by atoms with Gasteiger partial charge in [-0.05, 0) is 0 Å². The molecule has 0 aliphatic carbocycles. The van der Waals surface area contributed by atoms with Crippen LogP contribution in [0, 0.1) is 0 Å². The fourth-order valence-electron chi connectivity index (χ4n) is 0.555. The second-order valence-electron chi connectivity index (χ2n) is 1.95. The minimum atomic E-state index is -4.98. The van der Waals surface area contributed by atoms with E-state index in [1.807, 2.05) is 0 Å². The van der Waals surface area contributed by atoms with E-state index in [1.54, 1.807) is 0 Å². The number of hydrogen-bond donors (Lipinski definition) is 1. The molecule has 1 rings (SSSR count). The van der Waals surface area contributed by atoms with Gasteiger partial charge in [-0.15, -0.1) is 0 Å². The van der Waals surface area contributed by atoms with Crippen LogP contribution in [-0.4, -0.2) is 23.0 Å². The SMILES string of the molecule is O=C1C=CC(O)(C(F)(F)F)O1. The Morgan fingerprint density at radius 1 is 1.55 bits per heavy atom. The summed E-state index contributed by atoms with van der Waals surface area (Å²) in [4.78, 5) is 10.1. The van der Waals surface area contributed by atoms with Gasteiger partial charge in [0.25, 0.3) is 0 Å². The lowest BCUT2D eigenvalue weighted by Gasteiger charge is -2.21. The summed E-state index contributed by atoms with van der Waals surface area (Å²) in [6.45, 7) is 0. The summed E-state index contributed by atoms with van der Waals surface area (Å²) < 4.78 is 38.8. The van der Waals surface area contributed by atoms with E-state index >= 15 is 0 Å². The van der Waals surface area contributed by atoms with Gasteiger partial charge in [0.1, 0.15) is 0 Å². The average molecular weight is 168 g/mol. The number of halogens is 3. The summed E-state index contributed by atoms with van der Waals surface area (Å²) in [5.41, 5.74) is 0. The van der Waals surface area contributed by atoms with Crippen molar-refractivity contribution in [3.63, 3.8) is 0 Å². The molecular formula is C5H3F3O3. The van der Waals surface area contributed by atoms with Gasteiger partial charge in [-0.3, -0.25) is 0 Å². The summed E-state index contributed by atoms with van der Waals surface area (Å²) in [5.74, 6) is -4.63. The Labute approximate surface area is 59.1 Å². The van der Waals surface area contributed by atoms with Crippen LogP contribution in [0.15, 0.2) is 12.2 Å². The van der Waals surface area contributed by atoms with Crippen LogP contribution in [0.5, 0.6) is 0 Å². The molecule has 1 atom stereocenters. The van der Waals surface area contributed by atoms with E-state index in [0.29, 0.717) is 6.08 Å². The largest absolute Gasteiger partial charge is 0.459 e. The molecule has 1 unspecified atom stereocenters. The molecule has 3 nitrogen and oxygen atoms in total. The molecule has 1 aliphatic heterocycles. The van der Waals surface area contributed by atoms with Gasteiger partial charge in [0.15, 0.2) is 0 Å². The van der Waals surface area contributed by atoms with Crippen LogP contribution in [0.3, 0.4) is 0 Å². The van der Waals surface area contributed by atoms with Crippen molar-refractivity contribution < 1.29 is 27.8 Å². The molecule has 1 heterocycles. The van der Waals surface area contributed by atoms with Crippen molar-refractivity contribution in [3.8, 4) is 0 Å². The highest BCUT2D eigenvalue weighted by Crippen LogP contribution is 2.35. The fourth-order valence-corrected chi connectivity index (χ4v) is 0.555. The van der Waals surface area contributed by atoms with Gasteiger partial charge in [0.2, 0.25) is 0 Å². The zero-order valence-corrected chi connectivity index (χ0v) is 5.05. The van der Waals surface area contributed by atoms with Gasteiger partial charge >= 0.3 is 17.9 Å². The Kier molecular flexibility index (Phi) is 1.45. The van der Waals surface area contributed by atoms with Crippen LogP contribution in [-0.2, 0) is 9.53 Å². The number of ether oxygens (including phenoxy) is 1. The molecule has 0 aromatic carbocycles. The second kappa shape index (κ2) is 1.97. The second-order valence-corrected chi connectivity index (χ2v) is 1.95. The van der Waals surface area contributed by atoms with Crippen molar-refractivity contribution in [2.45, 2.75) is 12.0 Å². The molecule has 0 spiro atoms. The highest BCUT2D eigenvalue weighted by atomic mass is 19.4. The third kappa shape index (κ3) is 1.21. The molecule has 0 radical (unpaired) electrons. The number of carbonyl (C=O) groups excluding carboxylic acids is 1. The molecule has 62 valence electrons. The summed E-state index contributed by atoms with van der Waals surface area (Å²) in [7, 11) is 0. The maximum absolute atomic E-state index is 11.7. The molecule has 0 aromatic heterocycles. The van der Waals surface area contributed by atoms with Gasteiger partial charge in [-0.25, -0.2) is 4.79 Å². The number of aliphatic hydroxyl groups is 1. The molecule has 11 heavy (non-hydrogen) atoms. The lowest BCUT2D eigenvalue weighted by atomic mass is 10.3. The smallest absolute Gasteiger partial charge is 0.416 e. The summed E-state index contributed by atoms with van der Waals surface area (Å²) >= 11 is 0. The molecule has 0 saturated heterocycles. The normalized spacial score (nSPS) is 30.7. The Hall–Kier alpha value is -1.04. The molecular weight excluding hydrogens is 165 g/mol. The van der Waals surface area contributed by atoms with E-state index in [-0.39, 0.29) is 6.08 Å². The summed E-state index contributed by atoms with van der Waals surface area (Å²) in [5, 5.41) is 8.54. The van der Waals surface area contributed by atoms with Crippen molar-refractivity contribution in [3.05, 3.63) is 12.2 Å². The topological polar surface area (TPSA) is 46.5 Å². The predicted octanol–water partition coefficient (Wildman–Crippen LogP) is 0.350. The molecule has 1 N–H and O–H groups in total. The first-order chi connectivity index (χ1) is 4.85. The van der Waals surface area contributed by atoms with Crippen LogP contribution in [0.25, 0.3) is 0 Å². The van der Waals surface area contributed by atoms with Gasteiger partial charge in [0, 0.05) is 12.2 Å². The maximum Gasteiger partial charge on any atom is 0.459 e. The van der Waals surface area contributed by atoms with E-state index in [0.717, 1.165) is 0 Å². The van der Waals surface area contributed by atoms with Gasteiger partial charge in [-0.1, -0.05) is 0 Å². The maximum atomic E-state index is 11.7. The number of rotatable bonds is 0. The van der Waals surface area contributed by atoms with Crippen molar-refractivity contribution in [2.24, 2.45) is 0 Å². The predicted molar refractivity (Wildman–Crippen MR) is 26.2 cm³/mol. The third-order valence-corrected chi connectivity index (χ3v) is 1.11. The van der Waals surface area contributed by atoms with E-state index in [9.17, 15) is 18.0 Å². The zero-order valence-electron chi connectivity index (χ0n) is 5.05. The molecule has 0 amide bonds. The van der Waals surface area contributed by atoms with E-state index in [2.05, 4.69) is 4.74 Å². The van der Waals surface area contributed by atoms with Crippen LogP contribution in [0.1, 0.15) is 0 Å². The zero-order chi connectivity index (χ0) is 8.70. The number of alkyl halides is 3. The van der Waals surface area contributed by atoms with Crippen LogP contribution in [0.4, 0.5) is 13.2 Å². The monoisotopic (exact) mass is 168 g/mol. The Bertz CT molecular complexity index is 220. The van der Waals surface area contributed by atoms with Crippen molar-refractivity contribution >= 4 is 5.97 Å². The van der Waals surface area contributed by atoms with Gasteiger partial charge < -0.3 is 9.84 Å². The van der Waals surface area contributed by atoms with E-state index < -0.39 is 17.9 Å². The van der Waals surface area contributed by atoms with Crippen LogP contribution >= 0.6 is 0 Å². The van der Waals surface area contributed by atoms with Crippen molar-refractivity contribution in [1.82, 2.24) is 0 Å². The number of esters is 1. The van der Waals surface area contributed by atoms with Crippen LogP contribution < -0.4 is 0 Å². The summed E-state index contributed by atoms with van der Waals surface area (Å²) in [6, 6.07) is 0. The Balaban J connectivity index is 2.88. The van der Waals surface area contributed by atoms with Crippen molar-refractivity contribution in [1.29, 1.82) is 0 Å². The van der Waals surface area contributed by atoms with Crippen LogP contribution in [0.2, 0.25) is 0 Å². The highest BCUT2D eigenvalue weighted by molar-refractivity contribution is 5.85. The molecule has 0 fully saturated rings. The molecule has 6 heteroatoms. The van der Waals surface area contributed by atoms with Crippen molar-refractivity contribution in [2.75, 3.05) is 0 Å². The number of hydrogen-bond acceptors (Lipinski definition) is 3. The highest BCUT2D eigenvalue weighted by Gasteiger charge is 2.58. The minimum absolute atomic E-state index is 0.259. The van der Waals surface area contributed by atoms with E-state index in [4.69, 9.17) is 5.11 Å². The lowest BCUT2D eigenvalue weighted by Crippen LogP contribution is -2.44. The molecule has 0 aromatic rings. The standard InChI is InChI=1S/C5H3F3O3/c6-5(7,8)4(10)2-1-3(9)11-4/h1-2,10H.